The average Bonchev–Trinajstić information content (AvgIpc) is 2.29. The van der Waals surface area contributed by atoms with E-state index in [0.717, 1.165) is 0 Å². The summed E-state index contributed by atoms with van der Waals surface area (Å²) < 4.78 is 43.4. The predicted molar refractivity (Wildman–Crippen MR) is 53.0 cm³/mol. The molecule has 1 aliphatic rings. The van der Waals surface area contributed by atoms with Crippen molar-refractivity contribution in [3.05, 3.63) is 35.9 Å². The molecule has 1 aliphatic heterocycles. The van der Waals surface area contributed by atoms with E-state index in [1.165, 1.54) is 0 Å². The first-order valence-electron chi connectivity index (χ1n) is 5.05. The molecule has 1 N–H and O–H groups in total. The van der Waals surface area contributed by atoms with E-state index in [0.29, 0.717) is 12.2 Å². The first-order chi connectivity index (χ1) is 7.59. The quantitative estimate of drug-likeness (QED) is 0.800. The van der Waals surface area contributed by atoms with Crippen LogP contribution in [0.15, 0.2) is 30.3 Å². The van der Waals surface area contributed by atoms with Crippen molar-refractivity contribution in [1.29, 1.82) is 0 Å². The molecule has 0 aromatic heterocycles. The highest BCUT2D eigenvalue weighted by Gasteiger charge is 2.47. The number of hydrogen-bond acceptors (Lipinski definition) is 2. The van der Waals surface area contributed by atoms with Crippen molar-refractivity contribution in [2.75, 3.05) is 13.2 Å². The van der Waals surface area contributed by atoms with E-state index < -0.39 is 18.3 Å². The first kappa shape index (κ1) is 11.4. The summed E-state index contributed by atoms with van der Waals surface area (Å²) in [6.45, 7) is 0.527. The fourth-order valence-electron chi connectivity index (χ4n) is 1.82. The van der Waals surface area contributed by atoms with E-state index >= 15 is 0 Å². The maximum atomic E-state index is 12.7. The molecule has 1 fully saturated rings. The van der Waals surface area contributed by atoms with E-state index in [-0.39, 0.29) is 6.54 Å². The van der Waals surface area contributed by atoms with Crippen LogP contribution >= 0.6 is 0 Å². The second-order valence-corrected chi connectivity index (χ2v) is 3.68. The lowest BCUT2D eigenvalue weighted by Crippen LogP contribution is -2.52. The van der Waals surface area contributed by atoms with Gasteiger partial charge < -0.3 is 10.1 Å². The molecule has 0 spiro atoms. The van der Waals surface area contributed by atoms with Crippen molar-refractivity contribution in [1.82, 2.24) is 5.32 Å². The Morgan fingerprint density at radius 1 is 1.19 bits per heavy atom. The van der Waals surface area contributed by atoms with E-state index in [4.69, 9.17) is 4.74 Å². The van der Waals surface area contributed by atoms with Gasteiger partial charge in [-0.05, 0) is 5.56 Å². The smallest absolute Gasteiger partial charge is 0.370 e. The van der Waals surface area contributed by atoms with Crippen molar-refractivity contribution in [2.24, 2.45) is 0 Å². The Kier molecular flexibility index (Phi) is 3.16. The van der Waals surface area contributed by atoms with Crippen LogP contribution in [-0.2, 0) is 4.74 Å². The van der Waals surface area contributed by atoms with E-state index in [9.17, 15) is 13.2 Å². The second kappa shape index (κ2) is 4.43. The van der Waals surface area contributed by atoms with Crippen LogP contribution in [0.3, 0.4) is 0 Å². The summed E-state index contributed by atoms with van der Waals surface area (Å²) >= 11 is 0. The van der Waals surface area contributed by atoms with Crippen molar-refractivity contribution < 1.29 is 17.9 Å². The van der Waals surface area contributed by atoms with Crippen molar-refractivity contribution in [2.45, 2.75) is 18.3 Å². The van der Waals surface area contributed by atoms with Gasteiger partial charge in [-0.1, -0.05) is 30.3 Å². The van der Waals surface area contributed by atoms with Gasteiger partial charge in [0.05, 0.1) is 6.61 Å². The second-order valence-electron chi connectivity index (χ2n) is 3.68. The van der Waals surface area contributed by atoms with E-state index in [2.05, 4.69) is 5.32 Å². The van der Waals surface area contributed by atoms with Crippen molar-refractivity contribution in [3.63, 3.8) is 0 Å². The zero-order valence-electron chi connectivity index (χ0n) is 8.50. The lowest BCUT2D eigenvalue weighted by molar-refractivity contribution is -0.197. The molecule has 0 saturated carbocycles. The first-order valence-corrected chi connectivity index (χ1v) is 5.05. The molecule has 2 unspecified atom stereocenters. The molecule has 1 aromatic carbocycles. The van der Waals surface area contributed by atoms with Crippen molar-refractivity contribution in [3.8, 4) is 0 Å². The number of alkyl halides is 3. The molecule has 1 heterocycles. The number of morpholine rings is 1. The van der Waals surface area contributed by atoms with Crippen LogP contribution in [0.25, 0.3) is 0 Å². The summed E-state index contributed by atoms with van der Waals surface area (Å²) in [5.41, 5.74) is 0.553. The molecule has 2 atom stereocenters. The van der Waals surface area contributed by atoms with Gasteiger partial charge in [-0.3, -0.25) is 0 Å². The molecule has 0 amide bonds. The van der Waals surface area contributed by atoms with Gasteiger partial charge in [-0.25, -0.2) is 0 Å². The van der Waals surface area contributed by atoms with Crippen LogP contribution in [0.1, 0.15) is 11.7 Å². The molecule has 0 bridgehead atoms. The summed E-state index contributed by atoms with van der Waals surface area (Å²) in [6, 6.07) is 6.86. The van der Waals surface area contributed by atoms with Crippen LogP contribution in [0.4, 0.5) is 13.2 Å². The van der Waals surface area contributed by atoms with Crippen LogP contribution in [0.5, 0.6) is 0 Å². The molecule has 16 heavy (non-hydrogen) atoms. The molecule has 5 heteroatoms. The Morgan fingerprint density at radius 3 is 2.50 bits per heavy atom. The van der Waals surface area contributed by atoms with E-state index in [1.807, 2.05) is 0 Å². The largest absolute Gasteiger partial charge is 0.406 e. The van der Waals surface area contributed by atoms with Crippen LogP contribution in [0.2, 0.25) is 0 Å². The third kappa shape index (κ3) is 2.36. The topological polar surface area (TPSA) is 21.3 Å². The van der Waals surface area contributed by atoms with E-state index in [1.54, 1.807) is 30.3 Å². The van der Waals surface area contributed by atoms with Gasteiger partial charge >= 0.3 is 6.18 Å². The third-order valence-corrected chi connectivity index (χ3v) is 2.55. The summed E-state index contributed by atoms with van der Waals surface area (Å²) in [5, 5.41) is 2.46. The predicted octanol–water partition coefficient (Wildman–Crippen LogP) is 2.28. The number of ether oxygens (including phenoxy) is 1. The number of benzene rings is 1. The molecular formula is C11H12F3NO. The molecule has 0 aliphatic carbocycles. The molecule has 1 saturated heterocycles. The Bertz CT molecular complexity index is 339. The Morgan fingerprint density at radius 2 is 1.88 bits per heavy atom. The monoisotopic (exact) mass is 231 g/mol. The minimum absolute atomic E-state index is 0.230. The highest BCUT2D eigenvalue weighted by atomic mass is 19.4. The lowest BCUT2D eigenvalue weighted by atomic mass is 10.0. The summed E-state index contributed by atoms with van der Waals surface area (Å²) in [6.07, 6.45) is -5.24. The summed E-state index contributed by atoms with van der Waals surface area (Å²) in [5.74, 6) is 0. The number of halogens is 3. The van der Waals surface area contributed by atoms with Crippen molar-refractivity contribution >= 4 is 0 Å². The van der Waals surface area contributed by atoms with Gasteiger partial charge in [-0.15, -0.1) is 0 Å². The van der Waals surface area contributed by atoms with Crippen LogP contribution in [-0.4, -0.2) is 25.4 Å². The molecule has 2 rings (SSSR count). The fourth-order valence-corrected chi connectivity index (χ4v) is 1.82. The number of rotatable bonds is 1. The maximum Gasteiger partial charge on any atom is 0.406 e. The normalized spacial score (nSPS) is 26.7. The van der Waals surface area contributed by atoms with Gasteiger partial charge in [0.15, 0.2) is 0 Å². The molecular weight excluding hydrogens is 219 g/mol. The fraction of sp³-hybridized carbons (Fsp3) is 0.455. The lowest BCUT2D eigenvalue weighted by Gasteiger charge is -2.34. The van der Waals surface area contributed by atoms with Crippen LogP contribution in [0, 0.1) is 0 Å². The average molecular weight is 231 g/mol. The highest BCUT2D eigenvalue weighted by Crippen LogP contribution is 2.34. The molecule has 1 aromatic rings. The van der Waals surface area contributed by atoms with Crippen LogP contribution < -0.4 is 5.32 Å². The highest BCUT2D eigenvalue weighted by molar-refractivity contribution is 5.20. The van der Waals surface area contributed by atoms with Gasteiger partial charge in [-0.2, -0.15) is 13.2 Å². The minimum Gasteiger partial charge on any atom is -0.370 e. The zero-order valence-corrected chi connectivity index (χ0v) is 8.50. The molecule has 88 valence electrons. The molecule has 2 nitrogen and oxygen atoms in total. The number of nitrogens with one attached hydrogen (secondary N) is 1. The Labute approximate surface area is 91.4 Å². The summed E-state index contributed by atoms with van der Waals surface area (Å²) in [7, 11) is 0. The standard InChI is InChI=1S/C11H12F3NO/c12-11(13,14)10-9(16-7-6-15-10)8-4-2-1-3-5-8/h1-5,9-10,15H,6-7H2. The SMILES string of the molecule is FC(F)(F)C1NCCOC1c1ccccc1. The van der Waals surface area contributed by atoms with Gasteiger partial charge in [0.1, 0.15) is 12.1 Å². The zero-order chi connectivity index (χ0) is 11.6. The molecule has 0 radical (unpaired) electrons. The Balaban J connectivity index is 2.24. The summed E-state index contributed by atoms with van der Waals surface area (Å²) in [4.78, 5) is 0. The number of hydrogen-bond donors (Lipinski definition) is 1. The minimum atomic E-state index is -4.29. The third-order valence-electron chi connectivity index (χ3n) is 2.55. The Hall–Kier alpha value is -1.07. The maximum absolute atomic E-state index is 12.7. The van der Waals surface area contributed by atoms with Gasteiger partial charge in [0, 0.05) is 6.54 Å². The van der Waals surface area contributed by atoms with Gasteiger partial charge in [0.2, 0.25) is 0 Å². The van der Waals surface area contributed by atoms with Gasteiger partial charge in [0.25, 0.3) is 0 Å².